The standard InChI is InChI=1S/C14H15ClFNO4S/c1-8(21-11-3-2-9(16)6-10(11)15)12(18)17-14(13(19)20)4-5-22-7-14/h2-3,6,8H,4-5,7H2,1H3,(H,17,18)(H,19,20). The van der Waals surface area contributed by atoms with Crippen LogP contribution in [0.5, 0.6) is 5.75 Å². The minimum atomic E-state index is -1.26. The molecule has 2 unspecified atom stereocenters. The Hall–Kier alpha value is -1.47. The van der Waals surface area contributed by atoms with Crippen molar-refractivity contribution >= 4 is 35.2 Å². The van der Waals surface area contributed by atoms with Crippen molar-refractivity contribution in [3.63, 3.8) is 0 Å². The molecule has 1 aliphatic heterocycles. The predicted octanol–water partition coefficient (Wildman–Crippen LogP) is 2.32. The first-order valence-corrected chi connectivity index (χ1v) is 8.12. The van der Waals surface area contributed by atoms with Gasteiger partial charge in [-0.1, -0.05) is 11.6 Å². The van der Waals surface area contributed by atoms with Crippen LogP contribution in [0.4, 0.5) is 4.39 Å². The summed E-state index contributed by atoms with van der Waals surface area (Å²) in [6.45, 7) is 1.48. The number of halogens is 2. The number of carboxylic acids is 1. The molecular weight excluding hydrogens is 333 g/mol. The molecule has 22 heavy (non-hydrogen) atoms. The van der Waals surface area contributed by atoms with Gasteiger partial charge in [0.05, 0.1) is 5.02 Å². The molecule has 1 heterocycles. The van der Waals surface area contributed by atoms with Crippen LogP contribution in [0.25, 0.3) is 0 Å². The van der Waals surface area contributed by atoms with E-state index >= 15 is 0 Å². The molecule has 2 atom stereocenters. The lowest BCUT2D eigenvalue weighted by Gasteiger charge is -2.26. The number of hydrogen-bond donors (Lipinski definition) is 2. The molecule has 1 fully saturated rings. The van der Waals surface area contributed by atoms with Crippen molar-refractivity contribution in [3.05, 3.63) is 29.0 Å². The highest BCUT2D eigenvalue weighted by Gasteiger charge is 2.44. The van der Waals surface area contributed by atoms with E-state index in [4.69, 9.17) is 16.3 Å². The summed E-state index contributed by atoms with van der Waals surface area (Å²) in [5, 5.41) is 11.9. The van der Waals surface area contributed by atoms with E-state index in [9.17, 15) is 19.1 Å². The Morgan fingerprint density at radius 1 is 1.55 bits per heavy atom. The van der Waals surface area contributed by atoms with Crippen LogP contribution in [0.1, 0.15) is 13.3 Å². The Bertz CT molecular complexity index is 592. The third kappa shape index (κ3) is 3.64. The summed E-state index contributed by atoms with van der Waals surface area (Å²) in [6.07, 6.45) is -0.590. The van der Waals surface area contributed by atoms with E-state index in [2.05, 4.69) is 5.32 Å². The SMILES string of the molecule is CC(Oc1ccc(F)cc1Cl)C(=O)NC1(C(=O)O)CCSC1. The minimum Gasteiger partial charge on any atom is -0.479 e. The number of nitrogens with one attached hydrogen (secondary N) is 1. The number of carboxylic acid groups (broad SMARTS) is 1. The monoisotopic (exact) mass is 347 g/mol. The maximum absolute atomic E-state index is 13.0. The van der Waals surface area contributed by atoms with Crippen molar-refractivity contribution < 1.29 is 23.8 Å². The molecule has 0 bridgehead atoms. The number of hydrogen-bond acceptors (Lipinski definition) is 4. The van der Waals surface area contributed by atoms with Crippen LogP contribution < -0.4 is 10.1 Å². The zero-order chi connectivity index (χ0) is 16.3. The van der Waals surface area contributed by atoms with Crippen molar-refractivity contribution in [3.8, 4) is 5.75 Å². The number of rotatable bonds is 5. The van der Waals surface area contributed by atoms with Gasteiger partial charge >= 0.3 is 5.97 Å². The van der Waals surface area contributed by atoms with E-state index in [1.54, 1.807) is 0 Å². The molecule has 0 radical (unpaired) electrons. The molecule has 8 heteroatoms. The van der Waals surface area contributed by atoms with Crippen molar-refractivity contribution in [2.45, 2.75) is 25.0 Å². The number of thioether (sulfide) groups is 1. The Labute approximate surface area is 136 Å². The maximum Gasteiger partial charge on any atom is 0.330 e. The lowest BCUT2D eigenvalue weighted by Crippen LogP contribution is -2.57. The summed E-state index contributed by atoms with van der Waals surface area (Å²) in [7, 11) is 0. The van der Waals surface area contributed by atoms with Crippen LogP contribution in [-0.4, -0.2) is 40.1 Å². The lowest BCUT2D eigenvalue weighted by atomic mass is 9.99. The van der Waals surface area contributed by atoms with E-state index in [0.717, 1.165) is 12.1 Å². The first-order valence-electron chi connectivity index (χ1n) is 6.59. The second kappa shape index (κ2) is 6.75. The molecule has 2 rings (SSSR count). The van der Waals surface area contributed by atoms with Crippen molar-refractivity contribution in [2.75, 3.05) is 11.5 Å². The first kappa shape index (κ1) is 16.9. The molecule has 1 aromatic carbocycles. The predicted molar refractivity (Wildman–Crippen MR) is 82.0 cm³/mol. The second-order valence-corrected chi connectivity index (χ2v) is 6.53. The molecule has 0 aromatic heterocycles. The average molecular weight is 348 g/mol. The van der Waals surface area contributed by atoms with E-state index in [0.29, 0.717) is 17.9 Å². The zero-order valence-electron chi connectivity index (χ0n) is 11.8. The molecule has 1 amide bonds. The number of ether oxygens (including phenoxy) is 1. The molecule has 0 saturated carbocycles. The van der Waals surface area contributed by atoms with Gasteiger partial charge in [0.1, 0.15) is 17.1 Å². The fourth-order valence-corrected chi connectivity index (χ4v) is 3.58. The number of carbonyl (C=O) groups is 2. The fourth-order valence-electron chi connectivity index (χ4n) is 2.04. The second-order valence-electron chi connectivity index (χ2n) is 5.01. The molecule has 1 aliphatic rings. The van der Waals surface area contributed by atoms with Crippen LogP contribution >= 0.6 is 23.4 Å². The quantitative estimate of drug-likeness (QED) is 0.855. The Morgan fingerprint density at radius 3 is 2.82 bits per heavy atom. The van der Waals surface area contributed by atoms with Crippen LogP contribution in [0, 0.1) is 5.82 Å². The highest BCUT2D eigenvalue weighted by atomic mass is 35.5. The Kier molecular flexibility index (Phi) is 5.18. The van der Waals surface area contributed by atoms with Gasteiger partial charge in [-0.15, -0.1) is 0 Å². The highest BCUT2D eigenvalue weighted by molar-refractivity contribution is 7.99. The highest BCUT2D eigenvalue weighted by Crippen LogP contribution is 2.29. The molecule has 0 spiro atoms. The number of carbonyl (C=O) groups excluding carboxylic acids is 1. The average Bonchev–Trinajstić information content (AvgIpc) is 2.91. The summed E-state index contributed by atoms with van der Waals surface area (Å²) in [5.41, 5.74) is -1.26. The van der Waals surface area contributed by atoms with Crippen LogP contribution in [0.2, 0.25) is 5.02 Å². The van der Waals surface area contributed by atoms with Gasteiger partial charge in [-0.3, -0.25) is 4.79 Å². The van der Waals surface area contributed by atoms with Gasteiger partial charge in [0.25, 0.3) is 5.91 Å². The Balaban J connectivity index is 2.04. The van der Waals surface area contributed by atoms with Crippen LogP contribution in [0.3, 0.4) is 0 Å². The van der Waals surface area contributed by atoms with E-state index in [-0.39, 0.29) is 10.8 Å². The van der Waals surface area contributed by atoms with Crippen LogP contribution in [0.15, 0.2) is 18.2 Å². The van der Waals surface area contributed by atoms with Gasteiger partial charge in [-0.25, -0.2) is 9.18 Å². The molecule has 2 N–H and O–H groups in total. The van der Waals surface area contributed by atoms with Gasteiger partial charge in [0.2, 0.25) is 0 Å². The normalized spacial score (nSPS) is 22.1. The number of aliphatic carboxylic acids is 1. The molecule has 0 aliphatic carbocycles. The minimum absolute atomic E-state index is 0.0454. The third-order valence-corrected chi connectivity index (χ3v) is 4.85. The molecule has 120 valence electrons. The lowest BCUT2D eigenvalue weighted by molar-refractivity contribution is -0.147. The largest absolute Gasteiger partial charge is 0.479 e. The zero-order valence-corrected chi connectivity index (χ0v) is 13.3. The summed E-state index contributed by atoms with van der Waals surface area (Å²) in [6, 6.07) is 3.56. The first-order chi connectivity index (χ1) is 10.3. The smallest absolute Gasteiger partial charge is 0.330 e. The van der Waals surface area contributed by atoms with Crippen LogP contribution in [-0.2, 0) is 9.59 Å². The van der Waals surface area contributed by atoms with Crippen molar-refractivity contribution in [2.24, 2.45) is 0 Å². The van der Waals surface area contributed by atoms with Crippen molar-refractivity contribution in [1.82, 2.24) is 5.32 Å². The number of amides is 1. The third-order valence-electron chi connectivity index (χ3n) is 3.36. The van der Waals surface area contributed by atoms with E-state index in [1.165, 1.54) is 24.8 Å². The molecular formula is C14H15ClFNO4S. The van der Waals surface area contributed by atoms with Crippen molar-refractivity contribution in [1.29, 1.82) is 0 Å². The maximum atomic E-state index is 13.0. The van der Waals surface area contributed by atoms with Gasteiger partial charge in [0.15, 0.2) is 6.10 Å². The summed E-state index contributed by atoms with van der Waals surface area (Å²) >= 11 is 7.30. The fraction of sp³-hybridized carbons (Fsp3) is 0.429. The van der Waals surface area contributed by atoms with E-state index < -0.39 is 29.3 Å². The Morgan fingerprint density at radius 2 is 2.27 bits per heavy atom. The summed E-state index contributed by atoms with van der Waals surface area (Å²) in [4.78, 5) is 23.6. The topological polar surface area (TPSA) is 75.6 Å². The van der Waals surface area contributed by atoms with Gasteiger partial charge in [0, 0.05) is 5.75 Å². The molecule has 5 nitrogen and oxygen atoms in total. The van der Waals surface area contributed by atoms with Gasteiger partial charge in [-0.05, 0) is 37.3 Å². The van der Waals surface area contributed by atoms with Gasteiger partial charge < -0.3 is 15.2 Å². The van der Waals surface area contributed by atoms with Gasteiger partial charge in [-0.2, -0.15) is 11.8 Å². The van der Waals surface area contributed by atoms with E-state index in [1.807, 2.05) is 0 Å². The molecule has 1 aromatic rings. The summed E-state index contributed by atoms with van der Waals surface area (Å²) in [5.74, 6) is -0.967. The molecule has 1 saturated heterocycles. The number of benzene rings is 1. The summed E-state index contributed by atoms with van der Waals surface area (Å²) < 4.78 is 18.4.